The van der Waals surface area contributed by atoms with Crippen molar-refractivity contribution in [2.24, 2.45) is 0 Å². The molecule has 7 nitrogen and oxygen atoms in total. The first kappa shape index (κ1) is 19.7. The van der Waals surface area contributed by atoms with Gasteiger partial charge in [0.1, 0.15) is 0 Å². The van der Waals surface area contributed by atoms with E-state index in [2.05, 4.69) is 25.2 Å². The van der Waals surface area contributed by atoms with Crippen LogP contribution in [0.3, 0.4) is 0 Å². The van der Waals surface area contributed by atoms with Gasteiger partial charge in [0.05, 0.1) is 18.5 Å². The van der Waals surface area contributed by atoms with Gasteiger partial charge in [0.2, 0.25) is 5.95 Å². The molecule has 1 saturated heterocycles. The Balaban J connectivity index is 1.49. The number of thiazole rings is 1. The Kier molecular flexibility index (Phi) is 5.98. The molecule has 0 spiro atoms. The summed E-state index contributed by atoms with van der Waals surface area (Å²) in [6.45, 7) is 5.96. The molecule has 1 aliphatic heterocycles. The van der Waals surface area contributed by atoms with Gasteiger partial charge in [-0.05, 0) is 12.5 Å². The van der Waals surface area contributed by atoms with E-state index in [1.54, 1.807) is 0 Å². The van der Waals surface area contributed by atoms with Crippen LogP contribution in [0.5, 0.6) is 0 Å². The largest absolute Gasteiger partial charge is 0.395 e. The van der Waals surface area contributed by atoms with Gasteiger partial charge in [-0.15, -0.1) is 11.3 Å². The number of nitrogens with zero attached hydrogens (tertiary/aromatic N) is 5. The minimum atomic E-state index is -0.514. The van der Waals surface area contributed by atoms with Crippen LogP contribution in [0.1, 0.15) is 5.56 Å². The molecule has 29 heavy (non-hydrogen) atoms. The first-order valence-electron chi connectivity index (χ1n) is 9.53. The molecule has 0 amide bonds. The molecule has 1 aliphatic rings. The predicted octanol–water partition coefficient (Wildman–Crippen LogP) is 2.91. The molecule has 0 saturated carbocycles. The number of anilines is 3. The van der Waals surface area contributed by atoms with Crippen molar-refractivity contribution in [3.63, 3.8) is 0 Å². The Morgan fingerprint density at radius 2 is 1.97 bits per heavy atom. The molecule has 4 rings (SSSR count). The second-order valence-corrected chi connectivity index (χ2v) is 7.75. The Hall–Kier alpha value is -2.62. The smallest absolute Gasteiger partial charge is 0.227 e. The molecule has 3 heterocycles. The quantitative estimate of drug-likeness (QED) is 0.642. The van der Waals surface area contributed by atoms with Crippen LogP contribution >= 0.6 is 11.3 Å². The number of aliphatic hydroxyl groups excluding tert-OH is 1. The lowest BCUT2D eigenvalue weighted by atomic mass is 10.1. The number of hydrogen-bond acceptors (Lipinski definition) is 8. The highest BCUT2D eigenvalue weighted by Crippen LogP contribution is 2.29. The first-order valence-corrected chi connectivity index (χ1v) is 10.4. The van der Waals surface area contributed by atoms with Crippen LogP contribution < -0.4 is 10.2 Å². The number of aromatic nitrogens is 3. The molecule has 9 heteroatoms. The third kappa shape index (κ3) is 4.52. The van der Waals surface area contributed by atoms with Gasteiger partial charge in [0.15, 0.2) is 16.8 Å². The fourth-order valence-electron chi connectivity index (χ4n) is 3.33. The third-order valence-electron chi connectivity index (χ3n) is 4.95. The summed E-state index contributed by atoms with van der Waals surface area (Å²) in [5, 5.41) is 14.6. The molecule has 0 bridgehead atoms. The van der Waals surface area contributed by atoms with Crippen LogP contribution in [-0.2, 0) is 0 Å². The van der Waals surface area contributed by atoms with E-state index in [-0.39, 0.29) is 12.4 Å². The van der Waals surface area contributed by atoms with Gasteiger partial charge in [0.25, 0.3) is 0 Å². The van der Waals surface area contributed by atoms with Crippen molar-refractivity contribution in [2.75, 3.05) is 49.5 Å². The molecule has 0 unspecified atom stereocenters. The van der Waals surface area contributed by atoms with Crippen LogP contribution in [0.2, 0.25) is 0 Å². The van der Waals surface area contributed by atoms with Gasteiger partial charge in [-0.3, -0.25) is 4.90 Å². The summed E-state index contributed by atoms with van der Waals surface area (Å²) in [6, 6.07) is 8.03. The molecule has 3 aromatic rings. The summed E-state index contributed by atoms with van der Waals surface area (Å²) in [4.78, 5) is 17.3. The number of rotatable bonds is 6. The van der Waals surface area contributed by atoms with E-state index >= 15 is 0 Å². The van der Waals surface area contributed by atoms with Crippen molar-refractivity contribution in [3.05, 3.63) is 47.2 Å². The molecule has 2 aromatic heterocycles. The van der Waals surface area contributed by atoms with Gasteiger partial charge < -0.3 is 15.3 Å². The number of β-amino-alcohol motifs (C(OH)–C–C–N with tert-alkyl or cyclic N) is 1. The highest BCUT2D eigenvalue weighted by Gasteiger charge is 2.20. The second kappa shape index (κ2) is 8.81. The average molecular weight is 415 g/mol. The zero-order valence-electron chi connectivity index (χ0n) is 16.2. The van der Waals surface area contributed by atoms with Crippen LogP contribution in [0.15, 0.2) is 35.8 Å². The number of piperazine rings is 1. The molecule has 0 atom stereocenters. The van der Waals surface area contributed by atoms with Crippen molar-refractivity contribution in [3.8, 4) is 11.3 Å². The maximum atomic E-state index is 14.3. The maximum Gasteiger partial charge on any atom is 0.227 e. The lowest BCUT2D eigenvalue weighted by Crippen LogP contribution is -2.47. The lowest BCUT2D eigenvalue weighted by Gasteiger charge is -2.34. The number of aliphatic hydroxyl groups is 1. The lowest BCUT2D eigenvalue weighted by molar-refractivity contribution is 0.188. The van der Waals surface area contributed by atoms with E-state index in [9.17, 15) is 4.39 Å². The standard InChI is InChI=1S/C20H23FN6OS/c1-14-4-2-3-5-15(14)17-13-29-20(23-17)25-18-16(21)12-22-19(24-18)27-8-6-26(7-9-27)10-11-28/h2-5,12-13,28H,6-11H2,1H3,(H,22,23,24,25). The zero-order chi connectivity index (χ0) is 20.2. The van der Waals surface area contributed by atoms with E-state index in [1.807, 2.05) is 41.5 Å². The molecule has 152 valence electrons. The van der Waals surface area contributed by atoms with Crippen LogP contribution in [0.4, 0.5) is 21.3 Å². The number of aryl methyl sites for hydroxylation is 1. The van der Waals surface area contributed by atoms with Crippen molar-refractivity contribution in [1.82, 2.24) is 19.9 Å². The molecular weight excluding hydrogens is 391 g/mol. The van der Waals surface area contributed by atoms with E-state index in [0.717, 1.165) is 43.0 Å². The second-order valence-electron chi connectivity index (χ2n) is 6.90. The van der Waals surface area contributed by atoms with Gasteiger partial charge >= 0.3 is 0 Å². The van der Waals surface area contributed by atoms with E-state index < -0.39 is 5.82 Å². The zero-order valence-corrected chi connectivity index (χ0v) is 17.0. The summed E-state index contributed by atoms with van der Waals surface area (Å²) >= 11 is 1.41. The number of benzene rings is 1. The van der Waals surface area contributed by atoms with Crippen molar-refractivity contribution in [1.29, 1.82) is 0 Å². The molecule has 0 aliphatic carbocycles. The predicted molar refractivity (Wildman–Crippen MR) is 113 cm³/mol. The molecule has 1 aromatic carbocycles. The topological polar surface area (TPSA) is 77.4 Å². The Morgan fingerprint density at radius 3 is 2.72 bits per heavy atom. The Bertz CT molecular complexity index is 973. The number of hydrogen-bond donors (Lipinski definition) is 2. The minimum Gasteiger partial charge on any atom is -0.395 e. The monoisotopic (exact) mass is 414 g/mol. The number of nitrogens with one attached hydrogen (secondary N) is 1. The third-order valence-corrected chi connectivity index (χ3v) is 5.71. The summed E-state index contributed by atoms with van der Waals surface area (Å²) in [7, 11) is 0. The van der Waals surface area contributed by atoms with Crippen molar-refractivity contribution in [2.45, 2.75) is 6.92 Å². The van der Waals surface area contributed by atoms with E-state index in [0.29, 0.717) is 17.6 Å². The van der Waals surface area contributed by atoms with Gasteiger partial charge in [-0.2, -0.15) is 4.98 Å². The average Bonchev–Trinajstić information content (AvgIpc) is 3.19. The van der Waals surface area contributed by atoms with Gasteiger partial charge in [0, 0.05) is 43.7 Å². The highest BCUT2D eigenvalue weighted by atomic mass is 32.1. The normalized spacial score (nSPS) is 14.9. The SMILES string of the molecule is Cc1ccccc1-c1csc(Nc2nc(N3CCN(CCO)CC3)ncc2F)n1. The Morgan fingerprint density at radius 1 is 1.17 bits per heavy atom. The summed E-state index contributed by atoms with van der Waals surface area (Å²) < 4.78 is 14.3. The van der Waals surface area contributed by atoms with Crippen LogP contribution in [0, 0.1) is 12.7 Å². The van der Waals surface area contributed by atoms with Crippen molar-refractivity contribution >= 4 is 28.2 Å². The summed E-state index contributed by atoms with van der Waals surface area (Å²) in [5.74, 6) is 0.104. The fraction of sp³-hybridized carbons (Fsp3) is 0.350. The van der Waals surface area contributed by atoms with Crippen LogP contribution in [-0.4, -0.2) is 64.3 Å². The van der Waals surface area contributed by atoms with Crippen LogP contribution in [0.25, 0.3) is 11.3 Å². The summed E-state index contributed by atoms with van der Waals surface area (Å²) in [6.07, 6.45) is 1.20. The molecule has 1 fully saturated rings. The van der Waals surface area contributed by atoms with Crippen molar-refractivity contribution < 1.29 is 9.50 Å². The Labute approximate surface area is 172 Å². The number of halogens is 1. The maximum absolute atomic E-state index is 14.3. The molecule has 2 N–H and O–H groups in total. The molecular formula is C20H23FN6OS. The summed E-state index contributed by atoms with van der Waals surface area (Å²) in [5.41, 5.74) is 3.05. The highest BCUT2D eigenvalue weighted by molar-refractivity contribution is 7.14. The molecule has 0 radical (unpaired) electrons. The van der Waals surface area contributed by atoms with Gasteiger partial charge in [-0.1, -0.05) is 24.3 Å². The van der Waals surface area contributed by atoms with Gasteiger partial charge in [-0.25, -0.2) is 14.4 Å². The first-order chi connectivity index (χ1) is 14.1. The fourth-order valence-corrected chi connectivity index (χ4v) is 4.04. The minimum absolute atomic E-state index is 0.124. The van der Waals surface area contributed by atoms with E-state index in [4.69, 9.17) is 5.11 Å². The van der Waals surface area contributed by atoms with E-state index in [1.165, 1.54) is 17.5 Å².